The normalized spacial score (nSPS) is 18.5. The number of amides is 1. The Bertz CT molecular complexity index is 813. The third-order valence-electron chi connectivity index (χ3n) is 5.73. The number of fused-ring (bicyclic) bond motifs is 1. The van der Waals surface area contributed by atoms with Crippen LogP contribution in [0.15, 0.2) is 48.5 Å². The van der Waals surface area contributed by atoms with E-state index in [2.05, 4.69) is 19.2 Å². The first-order chi connectivity index (χ1) is 13.5. The van der Waals surface area contributed by atoms with E-state index in [9.17, 15) is 4.79 Å². The molecule has 2 atom stereocenters. The van der Waals surface area contributed by atoms with Crippen molar-refractivity contribution in [2.75, 3.05) is 0 Å². The third-order valence-corrected chi connectivity index (χ3v) is 5.73. The van der Waals surface area contributed by atoms with Crippen molar-refractivity contribution in [2.45, 2.75) is 71.1 Å². The number of carbonyl (C=O) groups excluding carboxylic acids is 1. The fourth-order valence-electron chi connectivity index (χ4n) is 3.87. The van der Waals surface area contributed by atoms with Crippen LogP contribution in [0.3, 0.4) is 0 Å². The molecule has 28 heavy (non-hydrogen) atoms. The quantitative estimate of drug-likeness (QED) is 0.703. The van der Waals surface area contributed by atoms with Crippen LogP contribution < -0.4 is 14.8 Å². The number of aryl methyl sites for hydroxylation is 1. The first-order valence-corrected chi connectivity index (χ1v) is 10.3. The Hall–Kier alpha value is -2.49. The Morgan fingerprint density at radius 3 is 2.61 bits per heavy atom. The predicted octanol–water partition coefficient (Wildman–Crippen LogP) is 5.35. The summed E-state index contributed by atoms with van der Waals surface area (Å²) in [5.74, 6) is 1.52. The zero-order valence-corrected chi connectivity index (χ0v) is 17.3. The Kier molecular flexibility index (Phi) is 6.28. The summed E-state index contributed by atoms with van der Waals surface area (Å²) in [7, 11) is 0. The maximum Gasteiger partial charge on any atom is 0.261 e. The fourth-order valence-corrected chi connectivity index (χ4v) is 3.87. The maximum atomic E-state index is 13.1. The topological polar surface area (TPSA) is 47.6 Å². The van der Waals surface area contributed by atoms with Crippen molar-refractivity contribution in [2.24, 2.45) is 0 Å². The Morgan fingerprint density at radius 2 is 1.93 bits per heavy atom. The average molecular weight is 382 g/mol. The van der Waals surface area contributed by atoms with E-state index in [-0.39, 0.29) is 17.6 Å². The number of nitrogens with one attached hydrogen (secondary N) is 1. The monoisotopic (exact) mass is 381 g/mol. The largest absolute Gasteiger partial charge is 0.487 e. The van der Waals surface area contributed by atoms with Gasteiger partial charge in [0.1, 0.15) is 17.1 Å². The highest BCUT2D eigenvalue weighted by Crippen LogP contribution is 2.42. The molecule has 1 aliphatic rings. The first kappa shape index (κ1) is 20.2. The van der Waals surface area contributed by atoms with Gasteiger partial charge in [-0.25, -0.2) is 0 Å². The van der Waals surface area contributed by atoms with Gasteiger partial charge < -0.3 is 14.8 Å². The summed E-state index contributed by atoms with van der Waals surface area (Å²) >= 11 is 0. The summed E-state index contributed by atoms with van der Waals surface area (Å²) in [6.45, 7) is 8.28. The molecule has 2 unspecified atom stereocenters. The smallest absolute Gasteiger partial charge is 0.261 e. The van der Waals surface area contributed by atoms with Gasteiger partial charge in [0.15, 0.2) is 6.10 Å². The van der Waals surface area contributed by atoms with Gasteiger partial charge in [0.2, 0.25) is 0 Å². The molecule has 3 rings (SSSR count). The summed E-state index contributed by atoms with van der Waals surface area (Å²) in [5.41, 5.74) is 1.91. The summed E-state index contributed by atoms with van der Waals surface area (Å²) in [5, 5.41) is 3.24. The van der Waals surface area contributed by atoms with Gasteiger partial charge in [0, 0.05) is 12.0 Å². The van der Waals surface area contributed by atoms with Gasteiger partial charge >= 0.3 is 0 Å². The second-order valence-electron chi connectivity index (χ2n) is 7.63. The van der Waals surface area contributed by atoms with E-state index in [0.717, 1.165) is 41.9 Å². The van der Waals surface area contributed by atoms with Crippen LogP contribution in [0.1, 0.15) is 63.6 Å². The molecule has 150 valence electrons. The molecular formula is C24H31NO3. The van der Waals surface area contributed by atoms with E-state index >= 15 is 0 Å². The summed E-state index contributed by atoms with van der Waals surface area (Å²) < 4.78 is 12.3. The molecule has 2 aromatic rings. The van der Waals surface area contributed by atoms with Gasteiger partial charge in [-0.1, -0.05) is 51.1 Å². The molecule has 0 aliphatic carbocycles. The van der Waals surface area contributed by atoms with Gasteiger partial charge in [0.05, 0.1) is 6.04 Å². The minimum atomic E-state index is -0.519. The van der Waals surface area contributed by atoms with Crippen molar-refractivity contribution in [3.8, 4) is 11.5 Å². The predicted molar refractivity (Wildman–Crippen MR) is 112 cm³/mol. The van der Waals surface area contributed by atoms with Crippen molar-refractivity contribution >= 4 is 5.91 Å². The van der Waals surface area contributed by atoms with Crippen LogP contribution in [-0.4, -0.2) is 17.6 Å². The zero-order valence-electron chi connectivity index (χ0n) is 17.3. The van der Waals surface area contributed by atoms with Crippen molar-refractivity contribution in [1.29, 1.82) is 0 Å². The lowest BCUT2D eigenvalue weighted by Gasteiger charge is -2.42. The zero-order chi connectivity index (χ0) is 20.1. The molecule has 0 bridgehead atoms. The van der Waals surface area contributed by atoms with Gasteiger partial charge in [-0.2, -0.15) is 0 Å². The van der Waals surface area contributed by atoms with E-state index in [0.29, 0.717) is 6.42 Å². The van der Waals surface area contributed by atoms with Crippen LogP contribution in [0.2, 0.25) is 0 Å². The van der Waals surface area contributed by atoms with E-state index in [4.69, 9.17) is 9.47 Å². The van der Waals surface area contributed by atoms with E-state index in [1.165, 1.54) is 0 Å². The minimum absolute atomic E-state index is 0.0764. The van der Waals surface area contributed by atoms with Crippen molar-refractivity contribution in [1.82, 2.24) is 5.32 Å². The summed E-state index contributed by atoms with van der Waals surface area (Å²) in [4.78, 5) is 13.1. The number of carbonyl (C=O) groups is 1. The highest BCUT2D eigenvalue weighted by molar-refractivity contribution is 5.81. The Morgan fingerprint density at radius 1 is 1.18 bits per heavy atom. The number of rotatable bonds is 7. The fraction of sp³-hybridized carbons (Fsp3) is 0.458. The van der Waals surface area contributed by atoms with Crippen molar-refractivity contribution in [3.63, 3.8) is 0 Å². The standard InChI is InChI=1S/C24H31NO3/c1-5-21(27-18-12-10-11-17(4)15-18)23(26)25-20-16-24(6-2,7-3)28-22-14-9-8-13-19(20)22/h8-15,20-21H,5-7,16H2,1-4H3,(H,25,26). The molecule has 0 fully saturated rings. The second kappa shape index (κ2) is 8.68. The summed E-state index contributed by atoms with van der Waals surface area (Å²) in [6, 6.07) is 15.7. The van der Waals surface area contributed by atoms with Crippen LogP contribution in [0, 0.1) is 6.92 Å². The molecule has 1 heterocycles. The molecule has 1 amide bonds. The average Bonchev–Trinajstić information content (AvgIpc) is 2.71. The molecule has 4 heteroatoms. The molecule has 0 radical (unpaired) electrons. The molecule has 0 saturated heterocycles. The molecular weight excluding hydrogens is 350 g/mol. The molecule has 0 spiro atoms. The van der Waals surface area contributed by atoms with E-state index in [1.54, 1.807) is 0 Å². The molecule has 1 aliphatic heterocycles. The lowest BCUT2D eigenvalue weighted by Crippen LogP contribution is -2.47. The number of para-hydroxylation sites is 1. The highest BCUT2D eigenvalue weighted by Gasteiger charge is 2.39. The van der Waals surface area contributed by atoms with E-state index in [1.807, 2.05) is 62.4 Å². The van der Waals surface area contributed by atoms with Gasteiger partial charge in [-0.05, 0) is 49.9 Å². The Labute approximate surface area is 168 Å². The molecule has 2 aromatic carbocycles. The number of hydrogen-bond acceptors (Lipinski definition) is 3. The number of benzene rings is 2. The summed E-state index contributed by atoms with van der Waals surface area (Å²) in [6.07, 6.45) is 2.66. The third kappa shape index (κ3) is 4.32. The SMILES string of the molecule is CCC(Oc1cccc(C)c1)C(=O)NC1CC(CC)(CC)Oc2ccccc21. The lowest BCUT2D eigenvalue weighted by molar-refractivity contribution is -0.129. The van der Waals surface area contributed by atoms with Gasteiger partial charge in [0.25, 0.3) is 5.91 Å². The maximum absolute atomic E-state index is 13.1. The molecule has 1 N–H and O–H groups in total. The number of hydrogen-bond donors (Lipinski definition) is 1. The van der Waals surface area contributed by atoms with Gasteiger partial charge in [-0.15, -0.1) is 0 Å². The van der Waals surface area contributed by atoms with Crippen LogP contribution in [0.25, 0.3) is 0 Å². The van der Waals surface area contributed by atoms with Crippen LogP contribution in [0.5, 0.6) is 11.5 Å². The molecule has 0 aromatic heterocycles. The van der Waals surface area contributed by atoms with Crippen LogP contribution in [-0.2, 0) is 4.79 Å². The van der Waals surface area contributed by atoms with Gasteiger partial charge in [-0.3, -0.25) is 4.79 Å². The highest BCUT2D eigenvalue weighted by atomic mass is 16.5. The second-order valence-corrected chi connectivity index (χ2v) is 7.63. The molecule has 0 saturated carbocycles. The lowest BCUT2D eigenvalue weighted by atomic mass is 9.83. The molecule has 4 nitrogen and oxygen atoms in total. The number of ether oxygens (including phenoxy) is 2. The van der Waals surface area contributed by atoms with E-state index < -0.39 is 6.10 Å². The van der Waals surface area contributed by atoms with Crippen LogP contribution >= 0.6 is 0 Å². The Balaban J connectivity index is 1.79. The van der Waals surface area contributed by atoms with Crippen LogP contribution in [0.4, 0.5) is 0 Å². The van der Waals surface area contributed by atoms with Crippen molar-refractivity contribution in [3.05, 3.63) is 59.7 Å². The minimum Gasteiger partial charge on any atom is -0.487 e. The van der Waals surface area contributed by atoms with Crippen molar-refractivity contribution < 1.29 is 14.3 Å². The first-order valence-electron chi connectivity index (χ1n) is 10.3.